The third-order valence-corrected chi connectivity index (χ3v) is 4.98. The molecule has 2 aromatic carbocycles. The van der Waals surface area contributed by atoms with Gasteiger partial charge in [-0.15, -0.1) is 16.4 Å². The summed E-state index contributed by atoms with van der Waals surface area (Å²) in [6.07, 6.45) is 1.59. The molecule has 0 aliphatic carbocycles. The maximum atomic E-state index is 11.6. The summed E-state index contributed by atoms with van der Waals surface area (Å²) in [5.41, 5.74) is 7.11. The molecule has 2 heterocycles. The van der Waals surface area contributed by atoms with Gasteiger partial charge in [0, 0.05) is 28.3 Å². The summed E-state index contributed by atoms with van der Waals surface area (Å²) < 4.78 is 0. The maximum absolute atomic E-state index is 11.6. The van der Waals surface area contributed by atoms with E-state index in [9.17, 15) is 4.79 Å². The molecule has 0 fully saturated rings. The Bertz CT molecular complexity index is 1080. The Morgan fingerprint density at radius 1 is 1.08 bits per heavy atom. The molecule has 7 heteroatoms. The maximum Gasteiger partial charge on any atom is 0.249 e. The van der Waals surface area contributed by atoms with Crippen molar-refractivity contribution in [2.75, 3.05) is 5.32 Å². The molecule has 0 bridgehead atoms. The van der Waals surface area contributed by atoms with Crippen molar-refractivity contribution in [1.82, 2.24) is 15.2 Å². The first-order chi connectivity index (χ1) is 12.7. The van der Waals surface area contributed by atoms with Crippen molar-refractivity contribution < 1.29 is 4.79 Å². The van der Waals surface area contributed by atoms with Crippen LogP contribution in [0.4, 0.5) is 5.82 Å². The first kappa shape index (κ1) is 16.2. The van der Waals surface area contributed by atoms with E-state index < -0.39 is 5.91 Å². The monoisotopic (exact) mass is 361 g/mol. The van der Waals surface area contributed by atoms with E-state index >= 15 is 0 Å². The average Bonchev–Trinajstić information content (AvgIpc) is 3.11. The number of carbonyl (C=O) groups excluding carboxylic acids is 1. The van der Waals surface area contributed by atoms with E-state index in [0.29, 0.717) is 23.8 Å². The summed E-state index contributed by atoms with van der Waals surface area (Å²) >= 11 is 1.47. The van der Waals surface area contributed by atoms with Gasteiger partial charge in [-0.3, -0.25) is 4.79 Å². The predicted octanol–water partition coefficient (Wildman–Crippen LogP) is 3.46. The lowest BCUT2D eigenvalue weighted by atomic mass is 10.1. The van der Waals surface area contributed by atoms with Gasteiger partial charge in [-0.2, -0.15) is 5.10 Å². The fourth-order valence-corrected chi connectivity index (χ4v) is 3.72. The largest absolute Gasteiger partial charge is 0.366 e. The number of hydrogen-bond acceptors (Lipinski definition) is 6. The van der Waals surface area contributed by atoms with E-state index in [1.165, 1.54) is 11.3 Å². The molecule has 0 saturated heterocycles. The Balaban J connectivity index is 1.65. The summed E-state index contributed by atoms with van der Waals surface area (Å²) in [6, 6.07) is 15.5. The average molecular weight is 361 g/mol. The highest BCUT2D eigenvalue weighted by atomic mass is 32.1. The van der Waals surface area contributed by atoms with Crippen LogP contribution in [0.2, 0.25) is 0 Å². The molecule has 0 aliphatic heterocycles. The highest BCUT2D eigenvalue weighted by Gasteiger charge is 2.15. The van der Waals surface area contributed by atoms with Crippen molar-refractivity contribution in [1.29, 1.82) is 0 Å². The zero-order chi connectivity index (χ0) is 17.9. The Kier molecular flexibility index (Phi) is 4.28. The van der Waals surface area contributed by atoms with Crippen LogP contribution in [0.15, 0.2) is 60.1 Å². The highest BCUT2D eigenvalue weighted by Crippen LogP contribution is 2.34. The number of carbonyl (C=O) groups is 1. The van der Waals surface area contributed by atoms with Crippen molar-refractivity contribution in [3.05, 3.63) is 71.2 Å². The number of amides is 1. The summed E-state index contributed by atoms with van der Waals surface area (Å²) in [5, 5.41) is 15.1. The molecule has 128 valence electrons. The molecule has 0 unspecified atom stereocenters. The van der Waals surface area contributed by atoms with Crippen LogP contribution in [0.1, 0.15) is 15.9 Å². The number of nitrogens with zero attached hydrogens (tertiary/aromatic N) is 3. The number of nitrogens with two attached hydrogens (primary N) is 1. The van der Waals surface area contributed by atoms with Crippen LogP contribution in [0.25, 0.3) is 21.5 Å². The fourth-order valence-electron chi connectivity index (χ4n) is 2.73. The molecule has 3 N–H and O–H groups in total. The molecule has 6 nitrogen and oxygen atoms in total. The second kappa shape index (κ2) is 6.89. The number of aromatic nitrogens is 3. The van der Waals surface area contributed by atoms with Gasteiger partial charge in [0.1, 0.15) is 5.82 Å². The van der Waals surface area contributed by atoms with E-state index in [0.717, 1.165) is 21.2 Å². The molecule has 2 aromatic heterocycles. The molecule has 4 aromatic rings. The Morgan fingerprint density at radius 2 is 1.92 bits per heavy atom. The molecule has 0 aliphatic rings. The second-order valence-corrected chi connectivity index (χ2v) is 6.58. The standard InChI is InChI=1S/C19H15N5OS/c20-18(25)14-8-4-7-13-15(14)11-26-17(13)19-23-16(10-22-24-19)21-9-12-5-2-1-3-6-12/h1-8,10-11H,9H2,(H2,20,25)(H,21,23,24). The molecule has 0 atom stereocenters. The first-order valence-electron chi connectivity index (χ1n) is 8.00. The molecule has 1 amide bonds. The molecular weight excluding hydrogens is 346 g/mol. The van der Waals surface area contributed by atoms with Gasteiger partial charge >= 0.3 is 0 Å². The molecular formula is C19H15N5OS. The molecule has 26 heavy (non-hydrogen) atoms. The van der Waals surface area contributed by atoms with Gasteiger partial charge in [-0.25, -0.2) is 4.98 Å². The first-order valence-corrected chi connectivity index (χ1v) is 8.88. The van der Waals surface area contributed by atoms with Gasteiger partial charge < -0.3 is 11.1 Å². The quantitative estimate of drug-likeness (QED) is 0.568. The number of primary amides is 1. The number of thiophene rings is 1. The molecule has 0 radical (unpaired) electrons. The second-order valence-electron chi connectivity index (χ2n) is 5.70. The van der Waals surface area contributed by atoms with Crippen LogP contribution < -0.4 is 11.1 Å². The minimum Gasteiger partial charge on any atom is -0.366 e. The van der Waals surface area contributed by atoms with E-state index in [2.05, 4.69) is 20.5 Å². The third kappa shape index (κ3) is 3.12. The predicted molar refractivity (Wildman–Crippen MR) is 103 cm³/mol. The molecule has 0 spiro atoms. The lowest BCUT2D eigenvalue weighted by Gasteiger charge is -2.06. The van der Waals surface area contributed by atoms with Gasteiger partial charge in [-0.1, -0.05) is 42.5 Å². The van der Waals surface area contributed by atoms with Crippen molar-refractivity contribution in [2.45, 2.75) is 6.54 Å². The Hall–Kier alpha value is -3.32. The third-order valence-electron chi connectivity index (χ3n) is 3.99. The number of nitrogens with one attached hydrogen (secondary N) is 1. The van der Waals surface area contributed by atoms with Gasteiger partial charge in [0.15, 0.2) is 5.82 Å². The minimum absolute atomic E-state index is 0.447. The number of benzene rings is 2. The molecule has 0 saturated carbocycles. The minimum atomic E-state index is -0.447. The lowest BCUT2D eigenvalue weighted by molar-refractivity contribution is 0.100. The van der Waals surface area contributed by atoms with E-state index in [1.807, 2.05) is 47.8 Å². The van der Waals surface area contributed by atoms with Crippen LogP contribution in [-0.4, -0.2) is 21.1 Å². The smallest absolute Gasteiger partial charge is 0.249 e. The van der Waals surface area contributed by atoms with E-state index in [1.54, 1.807) is 12.3 Å². The fraction of sp³-hybridized carbons (Fsp3) is 0.0526. The highest BCUT2D eigenvalue weighted by molar-refractivity contribution is 7.15. The Morgan fingerprint density at radius 3 is 2.73 bits per heavy atom. The van der Waals surface area contributed by atoms with Gasteiger partial charge in [0.05, 0.1) is 11.1 Å². The zero-order valence-corrected chi connectivity index (χ0v) is 14.5. The number of anilines is 1. The summed E-state index contributed by atoms with van der Waals surface area (Å²) in [5.74, 6) is 0.716. The number of rotatable bonds is 5. The lowest BCUT2D eigenvalue weighted by Crippen LogP contribution is -2.10. The zero-order valence-electron chi connectivity index (χ0n) is 13.7. The topological polar surface area (TPSA) is 93.8 Å². The van der Waals surface area contributed by atoms with Crippen molar-refractivity contribution in [2.24, 2.45) is 5.73 Å². The van der Waals surface area contributed by atoms with Crippen molar-refractivity contribution >= 4 is 33.8 Å². The summed E-state index contributed by atoms with van der Waals surface area (Å²) in [4.78, 5) is 17.0. The van der Waals surface area contributed by atoms with Crippen LogP contribution in [0.5, 0.6) is 0 Å². The summed E-state index contributed by atoms with van der Waals surface area (Å²) in [6.45, 7) is 0.649. The van der Waals surface area contributed by atoms with Gasteiger partial charge in [0.2, 0.25) is 5.91 Å². The summed E-state index contributed by atoms with van der Waals surface area (Å²) in [7, 11) is 0. The van der Waals surface area contributed by atoms with E-state index in [-0.39, 0.29) is 0 Å². The van der Waals surface area contributed by atoms with Crippen molar-refractivity contribution in [3.63, 3.8) is 0 Å². The van der Waals surface area contributed by atoms with Gasteiger partial charge in [-0.05, 0) is 11.6 Å². The van der Waals surface area contributed by atoms with E-state index in [4.69, 9.17) is 5.73 Å². The van der Waals surface area contributed by atoms with Crippen LogP contribution in [-0.2, 0) is 6.54 Å². The van der Waals surface area contributed by atoms with Crippen molar-refractivity contribution in [3.8, 4) is 10.7 Å². The SMILES string of the molecule is NC(=O)c1cccc2c(-c3nncc(NCc4ccccc4)n3)scc12. The van der Waals surface area contributed by atoms with Crippen LogP contribution in [0.3, 0.4) is 0 Å². The number of fused-ring (bicyclic) bond motifs is 1. The Labute approximate surface area is 153 Å². The van der Waals surface area contributed by atoms with Crippen LogP contribution in [0, 0.1) is 0 Å². The number of hydrogen-bond donors (Lipinski definition) is 2. The van der Waals surface area contributed by atoms with Crippen LogP contribution >= 0.6 is 11.3 Å². The van der Waals surface area contributed by atoms with Gasteiger partial charge in [0.25, 0.3) is 0 Å². The molecule has 4 rings (SSSR count). The normalized spacial score (nSPS) is 10.8.